The van der Waals surface area contributed by atoms with E-state index in [1.54, 1.807) is 0 Å². The number of aliphatic carboxylic acids is 1. The molecule has 5 heteroatoms. The van der Waals surface area contributed by atoms with E-state index in [0.29, 0.717) is 43.6 Å². The molecule has 1 N–H and O–H groups in total. The van der Waals surface area contributed by atoms with Crippen LogP contribution < -0.4 is 0 Å². The van der Waals surface area contributed by atoms with Gasteiger partial charge in [0, 0.05) is 25.1 Å². The summed E-state index contributed by atoms with van der Waals surface area (Å²) in [7, 11) is 0. The highest BCUT2D eigenvalue weighted by Crippen LogP contribution is 2.24. The quantitative estimate of drug-likeness (QED) is 0.896. The van der Waals surface area contributed by atoms with Crippen LogP contribution in [0.25, 0.3) is 0 Å². The minimum Gasteiger partial charge on any atom is -0.481 e. The predicted octanol–water partition coefficient (Wildman–Crippen LogP) is 2.19. The van der Waals surface area contributed by atoms with Crippen molar-refractivity contribution in [3.05, 3.63) is 34.9 Å². The van der Waals surface area contributed by atoms with Crippen molar-refractivity contribution in [3.63, 3.8) is 0 Å². The molecule has 0 spiro atoms. The van der Waals surface area contributed by atoms with Gasteiger partial charge in [-0.25, -0.2) is 8.78 Å². The molecule has 0 unspecified atom stereocenters. The van der Waals surface area contributed by atoms with E-state index in [-0.39, 0.29) is 18.1 Å². The second kappa shape index (κ2) is 5.44. The van der Waals surface area contributed by atoms with Gasteiger partial charge in [-0.1, -0.05) is 0 Å². The van der Waals surface area contributed by atoms with Crippen molar-refractivity contribution in [2.45, 2.75) is 25.8 Å². The molecule has 2 rings (SSSR count). The smallest absolute Gasteiger partial charge is 0.303 e. The maximum Gasteiger partial charge on any atom is 0.303 e. The van der Waals surface area contributed by atoms with Crippen molar-refractivity contribution >= 4 is 5.97 Å². The Hall–Kier alpha value is -1.49. The van der Waals surface area contributed by atoms with Gasteiger partial charge in [0.1, 0.15) is 11.6 Å². The zero-order chi connectivity index (χ0) is 13.1. The third-order valence-corrected chi connectivity index (χ3v) is 3.24. The van der Waals surface area contributed by atoms with Gasteiger partial charge in [-0.15, -0.1) is 0 Å². The van der Waals surface area contributed by atoms with Gasteiger partial charge in [0.25, 0.3) is 0 Å². The van der Waals surface area contributed by atoms with Crippen LogP contribution >= 0.6 is 0 Å². The highest BCUT2D eigenvalue weighted by Gasteiger charge is 2.21. The molecule has 0 atom stereocenters. The van der Waals surface area contributed by atoms with Crippen LogP contribution in [-0.2, 0) is 17.8 Å². The van der Waals surface area contributed by atoms with Crippen LogP contribution in [0.1, 0.15) is 24.0 Å². The first-order valence-corrected chi connectivity index (χ1v) is 5.98. The van der Waals surface area contributed by atoms with Gasteiger partial charge in [-0.3, -0.25) is 9.69 Å². The summed E-state index contributed by atoms with van der Waals surface area (Å²) in [5.41, 5.74) is 0.876. The Morgan fingerprint density at radius 3 is 2.61 bits per heavy atom. The van der Waals surface area contributed by atoms with E-state index >= 15 is 0 Å². The lowest BCUT2D eigenvalue weighted by Crippen LogP contribution is -2.32. The van der Waals surface area contributed by atoms with E-state index in [0.717, 1.165) is 12.1 Å². The van der Waals surface area contributed by atoms with E-state index < -0.39 is 5.97 Å². The molecule has 1 aliphatic rings. The Morgan fingerprint density at radius 1 is 1.28 bits per heavy atom. The van der Waals surface area contributed by atoms with Crippen LogP contribution in [0.5, 0.6) is 0 Å². The van der Waals surface area contributed by atoms with Gasteiger partial charge in [0.05, 0.1) is 0 Å². The van der Waals surface area contributed by atoms with Crippen molar-refractivity contribution < 1.29 is 18.7 Å². The van der Waals surface area contributed by atoms with Crippen molar-refractivity contribution in [1.29, 1.82) is 0 Å². The number of hydrogen-bond acceptors (Lipinski definition) is 2. The minimum absolute atomic E-state index is 0.106. The van der Waals surface area contributed by atoms with Gasteiger partial charge in [0.2, 0.25) is 0 Å². The molecular formula is C13H15F2NO2. The van der Waals surface area contributed by atoms with E-state index in [1.165, 1.54) is 0 Å². The van der Waals surface area contributed by atoms with Crippen LogP contribution in [0, 0.1) is 11.6 Å². The fourth-order valence-electron chi connectivity index (χ4n) is 2.29. The summed E-state index contributed by atoms with van der Waals surface area (Å²) in [4.78, 5) is 12.4. The molecule has 1 heterocycles. The topological polar surface area (TPSA) is 40.5 Å². The fraction of sp³-hybridized carbons (Fsp3) is 0.462. The van der Waals surface area contributed by atoms with E-state index in [2.05, 4.69) is 0 Å². The second-order valence-corrected chi connectivity index (χ2v) is 4.51. The van der Waals surface area contributed by atoms with E-state index in [4.69, 9.17) is 5.11 Å². The average Bonchev–Trinajstić information content (AvgIpc) is 2.34. The fourth-order valence-corrected chi connectivity index (χ4v) is 2.29. The zero-order valence-electron chi connectivity index (χ0n) is 9.96. The van der Waals surface area contributed by atoms with Crippen LogP contribution in [0.2, 0.25) is 0 Å². The summed E-state index contributed by atoms with van der Waals surface area (Å²) in [6.07, 6.45) is 1.11. The first-order chi connectivity index (χ1) is 8.58. The predicted molar refractivity (Wildman–Crippen MR) is 62.2 cm³/mol. The molecule has 0 aromatic heterocycles. The minimum atomic E-state index is -0.829. The van der Waals surface area contributed by atoms with Crippen molar-refractivity contribution in [3.8, 4) is 0 Å². The van der Waals surface area contributed by atoms with Gasteiger partial charge >= 0.3 is 5.97 Å². The number of nitrogens with zero attached hydrogens (tertiary/aromatic N) is 1. The molecule has 18 heavy (non-hydrogen) atoms. The molecule has 1 aromatic rings. The Bertz CT molecular complexity index is 463. The molecule has 0 saturated carbocycles. The normalized spacial score (nSPS) is 15.4. The summed E-state index contributed by atoms with van der Waals surface area (Å²) >= 11 is 0. The number of benzene rings is 1. The number of rotatable bonds is 4. The lowest BCUT2D eigenvalue weighted by molar-refractivity contribution is -0.137. The standard InChI is InChI=1S/C13H15F2NO2/c14-11-3-4-12(15)10-8-16(7-5-9(10)11)6-1-2-13(17)18/h3-4H,1-2,5-8H2,(H,17,18). The Labute approximate surface area is 104 Å². The second-order valence-electron chi connectivity index (χ2n) is 4.51. The van der Waals surface area contributed by atoms with Crippen LogP contribution in [0.3, 0.4) is 0 Å². The van der Waals surface area contributed by atoms with Crippen molar-refractivity contribution in [2.75, 3.05) is 13.1 Å². The number of halogens is 2. The Morgan fingerprint density at radius 2 is 1.94 bits per heavy atom. The van der Waals surface area contributed by atoms with Gasteiger partial charge in [-0.2, -0.15) is 0 Å². The van der Waals surface area contributed by atoms with Gasteiger partial charge in [-0.05, 0) is 37.1 Å². The third kappa shape index (κ3) is 2.85. The molecule has 0 radical (unpaired) electrons. The number of carbonyl (C=O) groups is 1. The SMILES string of the molecule is O=C(O)CCCN1CCc2c(F)ccc(F)c2C1. The summed E-state index contributed by atoms with van der Waals surface area (Å²) in [5.74, 6) is -1.56. The van der Waals surface area contributed by atoms with Crippen molar-refractivity contribution in [2.24, 2.45) is 0 Å². The highest BCUT2D eigenvalue weighted by molar-refractivity contribution is 5.66. The Balaban J connectivity index is 2.01. The van der Waals surface area contributed by atoms with Gasteiger partial charge < -0.3 is 5.11 Å². The zero-order valence-corrected chi connectivity index (χ0v) is 9.96. The Kier molecular flexibility index (Phi) is 3.91. The number of fused-ring (bicyclic) bond motifs is 1. The number of carboxylic acid groups (broad SMARTS) is 1. The van der Waals surface area contributed by atoms with E-state index in [9.17, 15) is 13.6 Å². The molecule has 0 aliphatic carbocycles. The van der Waals surface area contributed by atoms with Crippen LogP contribution in [0.4, 0.5) is 8.78 Å². The first-order valence-electron chi connectivity index (χ1n) is 5.98. The molecule has 0 bridgehead atoms. The third-order valence-electron chi connectivity index (χ3n) is 3.24. The van der Waals surface area contributed by atoms with Crippen molar-refractivity contribution in [1.82, 2.24) is 4.90 Å². The summed E-state index contributed by atoms with van der Waals surface area (Å²) in [6.45, 7) is 1.60. The van der Waals surface area contributed by atoms with Gasteiger partial charge in [0.15, 0.2) is 0 Å². The molecule has 98 valence electrons. The van der Waals surface area contributed by atoms with E-state index in [1.807, 2.05) is 4.90 Å². The average molecular weight is 255 g/mol. The summed E-state index contributed by atoms with van der Waals surface area (Å²) in [5, 5.41) is 8.55. The molecule has 0 saturated heterocycles. The number of hydrogen-bond donors (Lipinski definition) is 1. The molecule has 1 aromatic carbocycles. The summed E-state index contributed by atoms with van der Waals surface area (Å²) < 4.78 is 27.1. The molecule has 0 amide bonds. The molecule has 3 nitrogen and oxygen atoms in total. The maximum atomic E-state index is 13.6. The molecular weight excluding hydrogens is 240 g/mol. The lowest BCUT2D eigenvalue weighted by Gasteiger charge is -2.29. The first kappa shape index (κ1) is 13.0. The van der Waals surface area contributed by atoms with Crippen LogP contribution in [0.15, 0.2) is 12.1 Å². The lowest BCUT2D eigenvalue weighted by atomic mass is 9.98. The molecule has 0 fully saturated rings. The largest absolute Gasteiger partial charge is 0.481 e. The monoisotopic (exact) mass is 255 g/mol. The molecule has 1 aliphatic heterocycles. The number of carboxylic acids is 1. The van der Waals surface area contributed by atoms with Crippen LogP contribution in [-0.4, -0.2) is 29.1 Å². The summed E-state index contributed by atoms with van der Waals surface area (Å²) in [6, 6.07) is 2.31. The highest BCUT2D eigenvalue weighted by atomic mass is 19.1. The maximum absolute atomic E-state index is 13.6.